The van der Waals surface area contributed by atoms with Crippen LogP contribution in [0.2, 0.25) is 5.02 Å². The standard InChI is InChI=1S/C17H11ClF4N2O2S/c1-27(25,26)15-6-5-12(8-13(15)19)24-14(9-16(23-24)17(20,21)22)10-3-2-4-11(18)7-10/h2-9H,1H3. The Hall–Kier alpha value is -2.39. The van der Waals surface area contributed by atoms with Gasteiger partial charge in [-0.1, -0.05) is 23.7 Å². The van der Waals surface area contributed by atoms with Gasteiger partial charge in [-0.05, 0) is 30.3 Å². The van der Waals surface area contributed by atoms with Gasteiger partial charge in [-0.25, -0.2) is 17.5 Å². The van der Waals surface area contributed by atoms with E-state index in [9.17, 15) is 26.0 Å². The van der Waals surface area contributed by atoms with E-state index in [1.54, 1.807) is 12.1 Å². The SMILES string of the molecule is CS(=O)(=O)c1ccc(-n2nc(C(F)(F)F)cc2-c2cccc(Cl)c2)cc1F. The lowest BCUT2D eigenvalue weighted by Gasteiger charge is -2.09. The molecule has 0 aliphatic carbocycles. The minimum Gasteiger partial charge on any atom is -0.232 e. The van der Waals surface area contributed by atoms with Gasteiger partial charge in [0.15, 0.2) is 15.5 Å². The molecule has 0 aliphatic rings. The van der Waals surface area contributed by atoms with Crippen LogP contribution < -0.4 is 0 Å². The molecule has 3 rings (SSSR count). The number of aromatic nitrogens is 2. The van der Waals surface area contributed by atoms with Gasteiger partial charge in [0.2, 0.25) is 0 Å². The molecule has 10 heteroatoms. The lowest BCUT2D eigenvalue weighted by molar-refractivity contribution is -0.141. The number of nitrogens with zero attached hydrogens (tertiary/aromatic N) is 2. The summed E-state index contributed by atoms with van der Waals surface area (Å²) in [5, 5.41) is 3.82. The van der Waals surface area contributed by atoms with E-state index in [0.29, 0.717) is 10.6 Å². The van der Waals surface area contributed by atoms with Crippen LogP contribution >= 0.6 is 11.6 Å². The van der Waals surface area contributed by atoms with E-state index in [1.807, 2.05) is 0 Å². The second-order valence-electron chi connectivity index (χ2n) is 5.72. The van der Waals surface area contributed by atoms with E-state index < -0.39 is 32.4 Å². The van der Waals surface area contributed by atoms with Crippen LogP contribution in [0.1, 0.15) is 5.69 Å². The number of benzene rings is 2. The number of hydrogen-bond acceptors (Lipinski definition) is 3. The third-order valence-corrected chi connectivity index (χ3v) is 5.04. The summed E-state index contributed by atoms with van der Waals surface area (Å²) in [5.74, 6) is -1.09. The van der Waals surface area contributed by atoms with Crippen LogP contribution in [-0.4, -0.2) is 24.5 Å². The fourth-order valence-electron chi connectivity index (χ4n) is 2.49. The van der Waals surface area contributed by atoms with Crippen molar-refractivity contribution in [2.75, 3.05) is 6.26 Å². The number of alkyl halides is 3. The summed E-state index contributed by atoms with van der Waals surface area (Å²) in [6.07, 6.45) is -3.89. The molecule has 2 aromatic carbocycles. The van der Waals surface area contributed by atoms with Gasteiger partial charge in [0, 0.05) is 22.9 Å². The molecule has 0 bridgehead atoms. The first-order valence-corrected chi connectivity index (χ1v) is 9.67. The Labute approximate surface area is 156 Å². The fourth-order valence-corrected chi connectivity index (χ4v) is 3.41. The Balaban J connectivity index is 2.23. The maximum atomic E-state index is 14.2. The average Bonchev–Trinajstić information content (AvgIpc) is 2.99. The zero-order chi connectivity index (χ0) is 20.0. The second-order valence-corrected chi connectivity index (χ2v) is 8.14. The fraction of sp³-hybridized carbons (Fsp3) is 0.118. The summed E-state index contributed by atoms with van der Waals surface area (Å²) in [5.41, 5.74) is -0.884. The molecule has 1 aromatic heterocycles. The van der Waals surface area contributed by atoms with E-state index in [-0.39, 0.29) is 11.4 Å². The van der Waals surface area contributed by atoms with Crippen molar-refractivity contribution < 1.29 is 26.0 Å². The lowest BCUT2D eigenvalue weighted by Crippen LogP contribution is -2.08. The summed E-state index contributed by atoms with van der Waals surface area (Å²) < 4.78 is 77.6. The third kappa shape index (κ3) is 3.98. The molecule has 0 atom stereocenters. The number of rotatable bonds is 3. The van der Waals surface area contributed by atoms with E-state index in [4.69, 9.17) is 11.6 Å². The molecular formula is C17H11ClF4N2O2S. The minimum absolute atomic E-state index is 0.0244. The summed E-state index contributed by atoms with van der Waals surface area (Å²) in [6.45, 7) is 0. The summed E-state index contributed by atoms with van der Waals surface area (Å²) in [7, 11) is -3.82. The van der Waals surface area contributed by atoms with Gasteiger partial charge in [-0.15, -0.1) is 0 Å². The first-order valence-electron chi connectivity index (χ1n) is 7.40. The molecule has 0 spiro atoms. The van der Waals surface area contributed by atoms with Gasteiger partial charge in [-0.2, -0.15) is 18.3 Å². The number of sulfone groups is 1. The maximum Gasteiger partial charge on any atom is 0.435 e. The van der Waals surface area contributed by atoms with E-state index in [2.05, 4.69) is 5.10 Å². The molecule has 1 heterocycles. The number of hydrogen-bond donors (Lipinski definition) is 0. The van der Waals surface area contributed by atoms with Crippen molar-refractivity contribution in [3.05, 3.63) is 65.1 Å². The molecule has 0 amide bonds. The highest BCUT2D eigenvalue weighted by atomic mass is 35.5. The molecule has 0 saturated heterocycles. The van der Waals surface area contributed by atoms with Crippen LogP contribution in [0.15, 0.2) is 53.4 Å². The van der Waals surface area contributed by atoms with Crippen molar-refractivity contribution >= 4 is 21.4 Å². The smallest absolute Gasteiger partial charge is 0.232 e. The van der Waals surface area contributed by atoms with Crippen LogP contribution in [0.3, 0.4) is 0 Å². The lowest BCUT2D eigenvalue weighted by atomic mass is 10.1. The summed E-state index contributed by atoms with van der Waals surface area (Å²) in [6, 6.07) is 9.87. The summed E-state index contributed by atoms with van der Waals surface area (Å²) >= 11 is 5.91. The van der Waals surface area contributed by atoms with Crippen LogP contribution in [0.5, 0.6) is 0 Å². The minimum atomic E-state index is -4.72. The molecule has 142 valence electrons. The largest absolute Gasteiger partial charge is 0.435 e. The van der Waals surface area contributed by atoms with Crippen molar-refractivity contribution in [2.24, 2.45) is 0 Å². The molecule has 0 aliphatic heterocycles. The molecule has 0 saturated carbocycles. The zero-order valence-electron chi connectivity index (χ0n) is 13.6. The monoisotopic (exact) mass is 418 g/mol. The van der Waals surface area contributed by atoms with E-state index in [0.717, 1.165) is 29.1 Å². The Bertz CT molecular complexity index is 1120. The molecule has 0 fully saturated rings. The van der Waals surface area contributed by atoms with Crippen LogP contribution in [0.25, 0.3) is 16.9 Å². The molecule has 3 aromatic rings. The molecular weight excluding hydrogens is 408 g/mol. The normalized spacial score (nSPS) is 12.4. The van der Waals surface area contributed by atoms with Crippen molar-refractivity contribution in [1.82, 2.24) is 9.78 Å². The van der Waals surface area contributed by atoms with Gasteiger partial charge in [0.1, 0.15) is 10.7 Å². The van der Waals surface area contributed by atoms with Gasteiger partial charge >= 0.3 is 6.18 Å². The van der Waals surface area contributed by atoms with Crippen molar-refractivity contribution in [2.45, 2.75) is 11.1 Å². The molecule has 27 heavy (non-hydrogen) atoms. The van der Waals surface area contributed by atoms with Gasteiger partial charge in [0.05, 0.1) is 11.4 Å². The number of halogens is 5. The highest BCUT2D eigenvalue weighted by Gasteiger charge is 2.35. The zero-order valence-corrected chi connectivity index (χ0v) is 15.2. The maximum absolute atomic E-state index is 14.2. The Kier molecular flexibility index (Phi) is 4.77. The topological polar surface area (TPSA) is 52.0 Å². The van der Waals surface area contributed by atoms with E-state index in [1.165, 1.54) is 18.2 Å². The second kappa shape index (κ2) is 6.65. The Morgan fingerprint density at radius 1 is 1.07 bits per heavy atom. The first kappa shape index (κ1) is 19.4. The van der Waals surface area contributed by atoms with Crippen molar-refractivity contribution in [1.29, 1.82) is 0 Å². The van der Waals surface area contributed by atoms with Gasteiger partial charge < -0.3 is 0 Å². The third-order valence-electron chi connectivity index (χ3n) is 3.68. The molecule has 4 nitrogen and oxygen atoms in total. The van der Waals surface area contributed by atoms with Gasteiger partial charge in [-0.3, -0.25) is 0 Å². The van der Waals surface area contributed by atoms with Crippen LogP contribution in [0.4, 0.5) is 17.6 Å². The molecule has 0 N–H and O–H groups in total. The molecule has 0 radical (unpaired) electrons. The average molecular weight is 419 g/mol. The Morgan fingerprint density at radius 3 is 2.33 bits per heavy atom. The predicted molar refractivity (Wildman–Crippen MR) is 92.1 cm³/mol. The summed E-state index contributed by atoms with van der Waals surface area (Å²) in [4.78, 5) is -0.557. The highest BCUT2D eigenvalue weighted by Crippen LogP contribution is 2.34. The highest BCUT2D eigenvalue weighted by molar-refractivity contribution is 7.90. The van der Waals surface area contributed by atoms with Crippen LogP contribution in [-0.2, 0) is 16.0 Å². The van der Waals surface area contributed by atoms with E-state index >= 15 is 0 Å². The van der Waals surface area contributed by atoms with Gasteiger partial charge in [0.25, 0.3) is 0 Å². The first-order chi connectivity index (χ1) is 12.5. The predicted octanol–water partition coefficient (Wildman–Crippen LogP) is 4.75. The van der Waals surface area contributed by atoms with Crippen molar-refractivity contribution in [3.63, 3.8) is 0 Å². The van der Waals surface area contributed by atoms with Crippen LogP contribution in [0, 0.1) is 5.82 Å². The van der Waals surface area contributed by atoms with Crippen molar-refractivity contribution in [3.8, 4) is 16.9 Å². The molecule has 0 unspecified atom stereocenters. The Morgan fingerprint density at radius 2 is 1.78 bits per heavy atom. The quantitative estimate of drug-likeness (QED) is 0.576.